The van der Waals surface area contributed by atoms with E-state index in [1.807, 2.05) is 6.92 Å². The van der Waals surface area contributed by atoms with E-state index < -0.39 is 187 Å². The number of nitrogens with zero attached hydrogens (tertiary/aromatic N) is 2. The maximum atomic E-state index is 15.0. The van der Waals surface area contributed by atoms with E-state index in [1.165, 1.54) is 55.5 Å². The van der Waals surface area contributed by atoms with E-state index in [0.29, 0.717) is 42.5 Å². The molecule has 21 N–H and O–H groups in total. The highest BCUT2D eigenvalue weighted by atomic mass is 16.3. The first-order chi connectivity index (χ1) is 48.8. The lowest BCUT2D eigenvalue weighted by molar-refractivity contribution is -0.142. The lowest BCUT2D eigenvalue weighted by Crippen LogP contribution is -2.62. The number of imidazole rings is 1. The molecule has 15 amide bonds. The highest BCUT2D eigenvalue weighted by Gasteiger charge is 2.41. The molecule has 1 aliphatic heterocycles. The zero-order valence-corrected chi connectivity index (χ0v) is 59.4. The molecule has 1 aromatic heterocycles. The molecule has 2 unspecified atom stereocenters. The molecule has 566 valence electrons. The predicted octanol–water partition coefficient (Wildman–Crippen LogP) is -4.37. The molecule has 3 aromatic rings. The van der Waals surface area contributed by atoms with Gasteiger partial charge in [0.2, 0.25) is 88.6 Å². The molecular formula is C68H102N18O17. The number of aliphatic hydroxyl groups excluding tert-OH is 1. The number of nitrogens with one attached hydrogen (secondary N) is 13. The van der Waals surface area contributed by atoms with E-state index in [-0.39, 0.29) is 69.7 Å². The Morgan fingerprint density at radius 2 is 1.09 bits per heavy atom. The molecule has 2 aromatic carbocycles. The van der Waals surface area contributed by atoms with Crippen molar-refractivity contribution >= 4 is 88.6 Å². The zero-order valence-electron chi connectivity index (χ0n) is 59.4. The Morgan fingerprint density at radius 3 is 1.65 bits per heavy atom. The lowest BCUT2D eigenvalue weighted by atomic mass is 9.98. The maximum absolute atomic E-state index is 15.0. The van der Waals surface area contributed by atoms with Gasteiger partial charge >= 0.3 is 0 Å². The fourth-order valence-electron chi connectivity index (χ4n) is 11.0. The van der Waals surface area contributed by atoms with Crippen molar-refractivity contribution in [2.75, 3.05) is 26.2 Å². The van der Waals surface area contributed by atoms with E-state index in [2.05, 4.69) is 73.8 Å². The molecule has 1 saturated heterocycles. The number of amides is 15. The van der Waals surface area contributed by atoms with Crippen molar-refractivity contribution in [3.05, 3.63) is 83.9 Å². The summed E-state index contributed by atoms with van der Waals surface area (Å²) in [5.74, 6) is -14.0. The van der Waals surface area contributed by atoms with Gasteiger partial charge in [-0.25, -0.2) is 4.98 Å². The second kappa shape index (κ2) is 42.6. The van der Waals surface area contributed by atoms with Crippen molar-refractivity contribution < 1.29 is 82.1 Å². The van der Waals surface area contributed by atoms with Gasteiger partial charge in [0, 0.05) is 44.6 Å². The number of H-pyrrole nitrogens is 1. The summed E-state index contributed by atoms with van der Waals surface area (Å²) in [6, 6.07) is -2.55. The van der Waals surface area contributed by atoms with Gasteiger partial charge in [0.1, 0.15) is 78.3 Å². The summed E-state index contributed by atoms with van der Waals surface area (Å²) in [6.45, 7) is 11.2. The molecule has 0 spiro atoms. The van der Waals surface area contributed by atoms with Gasteiger partial charge in [-0.15, -0.1) is 0 Å². The van der Waals surface area contributed by atoms with Gasteiger partial charge in [0.15, 0.2) is 0 Å². The maximum Gasteiger partial charge on any atom is 0.246 e. The third kappa shape index (κ3) is 27.7. The number of aliphatic hydroxyl groups is 1. The van der Waals surface area contributed by atoms with Crippen molar-refractivity contribution in [2.24, 2.45) is 29.0 Å². The number of hydrogen-bond donors (Lipinski definition) is 18. The van der Waals surface area contributed by atoms with Crippen LogP contribution in [-0.2, 0) is 91.2 Å². The van der Waals surface area contributed by atoms with Crippen LogP contribution in [0.25, 0.3) is 0 Å². The van der Waals surface area contributed by atoms with Crippen LogP contribution >= 0.6 is 0 Å². The number of unbranched alkanes of at least 4 members (excludes halogenated alkanes) is 1. The van der Waals surface area contributed by atoms with Crippen LogP contribution in [0.1, 0.15) is 130 Å². The number of aromatic nitrogens is 2. The smallest absolute Gasteiger partial charge is 0.246 e. The normalized spacial score (nSPS) is 16.1. The number of benzene rings is 2. The van der Waals surface area contributed by atoms with E-state index in [1.54, 1.807) is 58.0 Å². The Bertz CT molecular complexity index is 3400. The predicted molar refractivity (Wildman–Crippen MR) is 372 cm³/mol. The average Bonchev–Trinajstić information content (AvgIpc) is 1.79. The number of phenolic OH excluding ortho intramolecular Hbond substituents is 1. The summed E-state index contributed by atoms with van der Waals surface area (Å²) in [4.78, 5) is 212. The summed E-state index contributed by atoms with van der Waals surface area (Å²) in [6.07, 6.45) is 3.16. The fourth-order valence-corrected chi connectivity index (χ4v) is 11.0. The minimum Gasteiger partial charge on any atom is -0.508 e. The average molecular weight is 1440 g/mol. The third-order valence-electron chi connectivity index (χ3n) is 17.2. The first kappa shape index (κ1) is 84.8. The Kier molecular flexibility index (Phi) is 35.1. The lowest BCUT2D eigenvalue weighted by Gasteiger charge is -2.31. The van der Waals surface area contributed by atoms with Gasteiger partial charge in [-0.2, -0.15) is 0 Å². The van der Waals surface area contributed by atoms with Gasteiger partial charge in [0.25, 0.3) is 0 Å². The van der Waals surface area contributed by atoms with Gasteiger partial charge in [-0.1, -0.05) is 90.4 Å². The summed E-state index contributed by atoms with van der Waals surface area (Å²) >= 11 is 0. The first-order valence-electron chi connectivity index (χ1n) is 34.4. The Morgan fingerprint density at radius 1 is 0.573 bits per heavy atom. The molecule has 35 heteroatoms. The van der Waals surface area contributed by atoms with Crippen LogP contribution in [0.15, 0.2) is 67.1 Å². The number of carbonyl (C=O) groups excluding carboxylic acids is 15. The number of hydrogen-bond acceptors (Lipinski definition) is 19. The number of aromatic hydroxyl groups is 1. The number of nitrogens with two attached hydrogens (primary N) is 3. The molecule has 2 heterocycles. The van der Waals surface area contributed by atoms with Gasteiger partial charge < -0.3 is 101 Å². The summed E-state index contributed by atoms with van der Waals surface area (Å²) < 4.78 is 0. The first-order valence-corrected chi connectivity index (χ1v) is 34.4. The fraction of sp³-hybridized carbons (Fsp3) is 0.559. The number of rotatable bonds is 43. The van der Waals surface area contributed by atoms with E-state index in [9.17, 15) is 77.3 Å². The minimum atomic E-state index is -1.80. The van der Waals surface area contributed by atoms with Crippen LogP contribution < -0.4 is 81.0 Å². The number of carbonyl (C=O) groups is 15. The van der Waals surface area contributed by atoms with Crippen LogP contribution in [0.2, 0.25) is 0 Å². The standard InChI is InChI=1S/C68H102N18O17/c1-9-37(6)56(57(71)92)85-60(95)45(11-3)77-61(96)46(20-15-16-26-69)79-62(97)48(30-42-32-72-35-74-42)80-58(93)38(7)75-66(101)52-21-17-27-86(52)68(103)50(29-40-18-13-12-14-19-40)83-67(102)55(36(4)5)84-64(99)47(28-41-22-24-43(89)25-23-41)81-63(98)49(31-53(70)90)82-59(94)44(10-2)78-65(100)51(34-87)76-54(91)33-73-39(8)88/h12-14,18-19,22-25,32,35-38,44-52,55-56,87,89H,9-11,15-17,20-21,26-31,33-34,69H2,1-8H3,(H2,70,90)(H2,71,92)(H,72,74)(H,73,88)(H,75,101)(H,76,91)(H,77,96)(H,78,100)(H,79,97)(H,80,93)(H,81,98)(H,82,94)(H,83,102)(H,84,99)(H,85,95)/t37-,38-,44?,45?,46-,47-,48-,49-,50-,51-,52-,55-,56-/m0/s1. The van der Waals surface area contributed by atoms with Gasteiger partial charge in [0.05, 0.1) is 25.9 Å². The number of phenols is 1. The Labute approximate surface area is 597 Å². The highest BCUT2D eigenvalue weighted by Crippen LogP contribution is 2.22. The molecule has 103 heavy (non-hydrogen) atoms. The topological polar surface area (TPSA) is 551 Å². The van der Waals surface area contributed by atoms with E-state index in [4.69, 9.17) is 17.2 Å². The molecule has 4 rings (SSSR count). The second-order valence-electron chi connectivity index (χ2n) is 25.7. The summed E-state index contributed by atoms with van der Waals surface area (Å²) in [5.41, 5.74) is 18.2. The van der Waals surface area contributed by atoms with E-state index >= 15 is 4.79 Å². The molecular weight excluding hydrogens is 1340 g/mol. The van der Waals surface area contributed by atoms with Crippen LogP contribution in [0.3, 0.4) is 0 Å². The molecule has 13 atom stereocenters. The van der Waals surface area contributed by atoms with Crippen molar-refractivity contribution in [1.29, 1.82) is 0 Å². The molecule has 0 bridgehead atoms. The minimum absolute atomic E-state index is 0.0284. The number of likely N-dealkylation sites (tertiary alicyclic amines) is 1. The Hall–Kier alpha value is -10.6. The third-order valence-corrected chi connectivity index (χ3v) is 17.2. The van der Waals surface area contributed by atoms with Crippen LogP contribution in [0.4, 0.5) is 0 Å². The van der Waals surface area contributed by atoms with Crippen LogP contribution in [0, 0.1) is 11.8 Å². The SMILES string of the molecule is CCC(NC(=O)[C@H](CO)NC(=O)CNC(C)=O)C(=O)N[C@@H](CC(N)=O)C(=O)N[C@@H](Cc1ccc(O)cc1)C(=O)N[C@H](C(=O)N[C@@H](Cc1ccccc1)C(=O)N1CCC[C@H]1C(=O)N[C@@H](C)C(=O)N[C@@H](Cc1cnc[nH]1)C(=O)N[C@@H](CCCCN)C(=O)NC(CC)C(=O)N[C@H](C(N)=O)[C@@H](C)CC)C(C)C. The number of aromatic amines is 1. The molecule has 1 fully saturated rings. The zero-order chi connectivity index (χ0) is 76.6. The van der Waals surface area contributed by atoms with Crippen molar-refractivity contribution in [3.63, 3.8) is 0 Å². The van der Waals surface area contributed by atoms with Crippen molar-refractivity contribution in [3.8, 4) is 5.75 Å². The molecule has 0 radical (unpaired) electrons. The number of primary amides is 2. The monoisotopic (exact) mass is 1440 g/mol. The molecule has 0 aliphatic carbocycles. The largest absolute Gasteiger partial charge is 0.508 e. The van der Waals surface area contributed by atoms with Gasteiger partial charge in [-0.3, -0.25) is 71.9 Å². The van der Waals surface area contributed by atoms with Gasteiger partial charge in [-0.05, 0) is 93.5 Å². The second-order valence-corrected chi connectivity index (χ2v) is 25.7. The molecule has 0 saturated carbocycles. The quantitative estimate of drug-likeness (QED) is 0.0238. The van der Waals surface area contributed by atoms with Crippen LogP contribution in [-0.4, -0.2) is 212 Å². The van der Waals surface area contributed by atoms with Crippen molar-refractivity contribution in [1.82, 2.24) is 78.7 Å². The summed E-state index contributed by atoms with van der Waals surface area (Å²) in [5, 5.41) is 50.4. The molecule has 1 aliphatic rings. The summed E-state index contributed by atoms with van der Waals surface area (Å²) in [7, 11) is 0. The van der Waals surface area contributed by atoms with Crippen molar-refractivity contribution in [2.45, 2.75) is 205 Å². The van der Waals surface area contributed by atoms with Crippen LogP contribution in [0.5, 0.6) is 5.75 Å². The Balaban J connectivity index is 1.56. The highest BCUT2D eigenvalue weighted by molar-refractivity contribution is 6.01. The molecule has 35 nitrogen and oxygen atoms in total. The van der Waals surface area contributed by atoms with E-state index in [0.717, 1.165) is 6.92 Å².